The fourth-order valence-corrected chi connectivity index (χ4v) is 5.98. The van der Waals surface area contributed by atoms with Crippen LogP contribution in [0.15, 0.2) is 41.3 Å². The van der Waals surface area contributed by atoms with Gasteiger partial charge in [-0.25, -0.2) is 8.42 Å². The Bertz CT molecular complexity index is 1280. The van der Waals surface area contributed by atoms with E-state index in [-0.39, 0.29) is 17.0 Å². The lowest BCUT2D eigenvalue weighted by molar-refractivity contribution is -0.139. The van der Waals surface area contributed by atoms with E-state index in [4.69, 9.17) is 0 Å². The van der Waals surface area contributed by atoms with Gasteiger partial charge in [-0.1, -0.05) is 30.3 Å². The van der Waals surface area contributed by atoms with E-state index in [0.717, 1.165) is 50.5 Å². The van der Waals surface area contributed by atoms with Gasteiger partial charge >= 0.3 is 6.18 Å². The van der Waals surface area contributed by atoms with Gasteiger partial charge in [-0.3, -0.25) is 4.90 Å². The molecular weight excluding hydrogens is 469 g/mol. The Labute approximate surface area is 194 Å². The quantitative estimate of drug-likeness (QED) is 0.565. The molecule has 12 heteroatoms. The van der Waals surface area contributed by atoms with Gasteiger partial charge in [0.2, 0.25) is 5.82 Å². The predicted octanol–water partition coefficient (Wildman–Crippen LogP) is 2.72. The first-order chi connectivity index (χ1) is 16.1. The molecule has 0 radical (unpaired) electrons. The van der Waals surface area contributed by atoms with E-state index in [0.29, 0.717) is 17.5 Å². The minimum absolute atomic E-state index is 0.217. The van der Waals surface area contributed by atoms with E-state index >= 15 is 0 Å². The first-order valence-electron chi connectivity index (χ1n) is 10.9. The average Bonchev–Trinajstić information content (AvgIpc) is 3.45. The summed E-state index contributed by atoms with van der Waals surface area (Å²) in [6.07, 6.45) is -2.97. The fraction of sp³-hybridized carbons (Fsp3) is 0.409. The maximum atomic E-state index is 13.7. The van der Waals surface area contributed by atoms with Gasteiger partial charge in [0.15, 0.2) is 9.84 Å². The Morgan fingerprint density at radius 2 is 1.82 bits per heavy atom. The average molecular weight is 493 g/mol. The van der Waals surface area contributed by atoms with Crippen molar-refractivity contribution in [1.82, 2.24) is 30.8 Å². The van der Waals surface area contributed by atoms with Crippen molar-refractivity contribution in [1.29, 1.82) is 0 Å². The topological polar surface area (TPSA) is 104 Å². The van der Waals surface area contributed by atoms with E-state index < -0.39 is 26.5 Å². The van der Waals surface area contributed by atoms with Crippen LogP contribution >= 0.6 is 0 Å². The second kappa shape index (κ2) is 8.43. The molecular formula is C22H23F3N6O2S. The number of alkyl halides is 3. The molecule has 0 amide bonds. The van der Waals surface area contributed by atoms with Gasteiger partial charge in [0, 0.05) is 37.8 Å². The summed E-state index contributed by atoms with van der Waals surface area (Å²) < 4.78 is 66.3. The summed E-state index contributed by atoms with van der Waals surface area (Å²) in [4.78, 5) is 1.60. The minimum Gasteiger partial charge on any atom is -0.315 e. The van der Waals surface area contributed by atoms with Crippen LogP contribution in [0.5, 0.6) is 0 Å². The maximum absolute atomic E-state index is 13.7. The third-order valence-corrected chi connectivity index (χ3v) is 7.72. The lowest BCUT2D eigenvalue weighted by Crippen LogP contribution is -2.51. The van der Waals surface area contributed by atoms with Crippen molar-refractivity contribution in [2.75, 3.05) is 32.4 Å². The van der Waals surface area contributed by atoms with Crippen LogP contribution in [-0.2, 0) is 16.0 Å². The summed E-state index contributed by atoms with van der Waals surface area (Å²) in [6.45, 7) is 4.00. The molecule has 34 heavy (non-hydrogen) atoms. The third kappa shape index (κ3) is 4.21. The van der Waals surface area contributed by atoms with Gasteiger partial charge in [-0.15, -0.1) is 10.2 Å². The summed E-state index contributed by atoms with van der Waals surface area (Å²) in [7, 11) is -4.29. The second-order valence-corrected chi connectivity index (χ2v) is 10.7. The van der Waals surface area contributed by atoms with Gasteiger partial charge in [0.1, 0.15) is 0 Å². The Kier molecular flexibility index (Phi) is 5.69. The summed E-state index contributed by atoms with van der Waals surface area (Å²) in [5.74, 6) is 0.177. The van der Waals surface area contributed by atoms with Gasteiger partial charge < -0.3 is 5.32 Å². The van der Waals surface area contributed by atoms with Gasteiger partial charge in [-0.05, 0) is 40.9 Å². The van der Waals surface area contributed by atoms with Crippen LogP contribution in [0, 0.1) is 0 Å². The summed E-state index contributed by atoms with van der Waals surface area (Å²) >= 11 is 0. The number of hydrogen-bond acceptors (Lipinski definition) is 7. The Morgan fingerprint density at radius 1 is 1.09 bits per heavy atom. The van der Waals surface area contributed by atoms with Crippen molar-refractivity contribution < 1.29 is 21.6 Å². The highest BCUT2D eigenvalue weighted by atomic mass is 32.2. The van der Waals surface area contributed by atoms with Gasteiger partial charge in [-0.2, -0.15) is 18.4 Å². The number of benzene rings is 2. The van der Waals surface area contributed by atoms with Crippen molar-refractivity contribution in [3.63, 3.8) is 0 Å². The van der Waals surface area contributed by atoms with E-state index in [1.165, 1.54) is 6.07 Å². The molecule has 0 bridgehead atoms. The van der Waals surface area contributed by atoms with Crippen molar-refractivity contribution in [3.8, 4) is 22.5 Å². The number of sulfone groups is 1. The number of nitrogens with zero attached hydrogens (tertiary/aromatic N) is 4. The molecule has 3 heterocycles. The molecule has 2 N–H and O–H groups in total. The molecule has 2 aliphatic heterocycles. The molecule has 5 rings (SSSR count). The molecule has 180 valence electrons. The summed E-state index contributed by atoms with van der Waals surface area (Å²) in [6, 6.07) is 10.1. The molecule has 2 saturated heterocycles. The van der Waals surface area contributed by atoms with Crippen LogP contribution in [-0.4, -0.2) is 72.4 Å². The van der Waals surface area contributed by atoms with E-state index in [1.54, 1.807) is 12.1 Å². The number of likely N-dealkylation sites (tertiary alicyclic amines) is 1. The smallest absolute Gasteiger partial charge is 0.315 e. The summed E-state index contributed by atoms with van der Waals surface area (Å²) in [5.41, 5.74) is 0.516. The Morgan fingerprint density at radius 3 is 2.38 bits per heavy atom. The van der Waals surface area contributed by atoms with Crippen molar-refractivity contribution in [2.45, 2.75) is 29.5 Å². The number of aromatic amines is 1. The van der Waals surface area contributed by atoms with Crippen LogP contribution in [0.1, 0.15) is 23.5 Å². The molecule has 0 spiro atoms. The molecule has 2 fully saturated rings. The van der Waals surface area contributed by atoms with Gasteiger partial charge in [0.05, 0.1) is 16.0 Å². The monoisotopic (exact) mass is 492 g/mol. The number of aromatic nitrogens is 4. The number of H-pyrrole nitrogens is 1. The standard InChI is InChI=1S/C22H23F3N6O2S/c1-34(32,33)20-18(22(23,24)25)7-6-17(19(20)21-27-29-30-28-21)14-4-2-13(3-5-14)15-11-31(12-15)16-8-9-26-10-16/h2-7,15-16,26H,8-12H2,1H3,(H,27,28,29,30). The normalized spacial score (nSPS) is 19.9. The zero-order valence-corrected chi connectivity index (χ0v) is 19.1. The zero-order chi connectivity index (χ0) is 24.1. The highest BCUT2D eigenvalue weighted by Gasteiger charge is 2.39. The van der Waals surface area contributed by atoms with Crippen molar-refractivity contribution in [2.24, 2.45) is 0 Å². The van der Waals surface area contributed by atoms with Crippen LogP contribution in [0.2, 0.25) is 0 Å². The fourth-order valence-electron chi connectivity index (χ4n) is 4.83. The van der Waals surface area contributed by atoms with Crippen LogP contribution in [0.4, 0.5) is 13.2 Å². The van der Waals surface area contributed by atoms with Crippen LogP contribution < -0.4 is 5.32 Å². The van der Waals surface area contributed by atoms with Crippen LogP contribution in [0.3, 0.4) is 0 Å². The zero-order valence-electron chi connectivity index (χ0n) is 18.3. The highest BCUT2D eigenvalue weighted by Crippen LogP contribution is 2.43. The molecule has 1 unspecified atom stereocenters. The molecule has 8 nitrogen and oxygen atoms in total. The number of halogens is 3. The minimum atomic E-state index is -4.87. The van der Waals surface area contributed by atoms with Crippen LogP contribution in [0.25, 0.3) is 22.5 Å². The highest BCUT2D eigenvalue weighted by molar-refractivity contribution is 7.91. The SMILES string of the molecule is CS(=O)(=O)c1c(C(F)(F)F)ccc(-c2ccc(C3CN(C4CCNC4)C3)cc2)c1-c1nn[nH]n1. The molecule has 0 saturated carbocycles. The van der Waals surface area contributed by atoms with E-state index in [2.05, 4.69) is 30.8 Å². The Hall–Kier alpha value is -2.83. The summed E-state index contributed by atoms with van der Waals surface area (Å²) in [5, 5.41) is 16.6. The van der Waals surface area contributed by atoms with E-state index in [1.807, 2.05) is 12.1 Å². The molecule has 3 aromatic rings. The molecule has 1 atom stereocenters. The second-order valence-electron chi connectivity index (χ2n) is 8.79. The molecule has 1 aromatic heterocycles. The predicted molar refractivity (Wildman–Crippen MR) is 119 cm³/mol. The number of hydrogen-bond donors (Lipinski definition) is 2. The lowest BCUT2D eigenvalue weighted by Gasteiger charge is -2.43. The number of nitrogens with one attached hydrogen (secondary N) is 2. The van der Waals surface area contributed by atoms with Crippen molar-refractivity contribution >= 4 is 9.84 Å². The Balaban J connectivity index is 1.53. The first kappa shape index (κ1) is 22.9. The lowest BCUT2D eigenvalue weighted by atomic mass is 9.88. The van der Waals surface area contributed by atoms with Crippen molar-refractivity contribution in [3.05, 3.63) is 47.5 Å². The number of tetrazole rings is 1. The molecule has 0 aliphatic carbocycles. The molecule has 2 aliphatic rings. The van der Waals surface area contributed by atoms with E-state index in [9.17, 15) is 21.6 Å². The van der Waals surface area contributed by atoms with Gasteiger partial charge in [0.25, 0.3) is 0 Å². The largest absolute Gasteiger partial charge is 0.417 e. The number of rotatable bonds is 5. The maximum Gasteiger partial charge on any atom is 0.417 e. The first-order valence-corrected chi connectivity index (χ1v) is 12.7. The molecule has 2 aromatic carbocycles. The third-order valence-electron chi connectivity index (χ3n) is 6.56.